The van der Waals surface area contributed by atoms with E-state index in [2.05, 4.69) is 28.8 Å². The van der Waals surface area contributed by atoms with E-state index >= 15 is 0 Å². The molecule has 2 aromatic carbocycles. The molecule has 4 aromatic rings. The van der Waals surface area contributed by atoms with E-state index in [1.807, 2.05) is 75.6 Å². The molecule has 2 heterocycles. The number of hydrogen-bond acceptors (Lipinski definition) is 4. The van der Waals surface area contributed by atoms with Crippen LogP contribution in [0.25, 0.3) is 16.6 Å². The summed E-state index contributed by atoms with van der Waals surface area (Å²) in [5, 5.41) is 7.90. The maximum Gasteiger partial charge on any atom is 0.267 e. The van der Waals surface area contributed by atoms with Gasteiger partial charge in [0.15, 0.2) is 0 Å². The lowest BCUT2D eigenvalue weighted by Gasteiger charge is -2.20. The summed E-state index contributed by atoms with van der Waals surface area (Å²) < 4.78 is 3.34. The van der Waals surface area contributed by atoms with Gasteiger partial charge in [-0.2, -0.15) is 5.10 Å². The van der Waals surface area contributed by atoms with Crippen molar-refractivity contribution in [3.8, 4) is 17.5 Å². The Labute approximate surface area is 180 Å². The number of nitrogens with one attached hydrogen (secondary N) is 1. The zero-order chi connectivity index (χ0) is 22.0. The van der Waals surface area contributed by atoms with Crippen molar-refractivity contribution in [1.82, 2.24) is 24.6 Å². The van der Waals surface area contributed by atoms with Gasteiger partial charge in [-0.15, -0.1) is 0 Å². The fourth-order valence-corrected chi connectivity index (χ4v) is 3.53. The summed E-state index contributed by atoms with van der Waals surface area (Å²) >= 11 is 0. The maximum atomic E-state index is 13.8. The van der Waals surface area contributed by atoms with Gasteiger partial charge in [-0.1, -0.05) is 42.7 Å². The number of benzene rings is 2. The molecule has 6 heteroatoms. The van der Waals surface area contributed by atoms with E-state index in [0.717, 1.165) is 16.9 Å². The van der Waals surface area contributed by atoms with Crippen LogP contribution in [0.3, 0.4) is 0 Å². The van der Waals surface area contributed by atoms with Crippen molar-refractivity contribution < 1.29 is 0 Å². The third kappa shape index (κ3) is 4.12. The van der Waals surface area contributed by atoms with Crippen LogP contribution in [0.4, 0.5) is 0 Å². The predicted molar refractivity (Wildman–Crippen MR) is 123 cm³/mol. The molecule has 0 spiro atoms. The molecular weight excluding hydrogens is 386 g/mol. The number of aromatic nitrogens is 4. The second-order valence-electron chi connectivity index (χ2n) is 7.44. The highest BCUT2D eigenvalue weighted by molar-refractivity contribution is 5.85. The lowest BCUT2D eigenvalue weighted by molar-refractivity contribution is 0.593. The van der Waals surface area contributed by atoms with Gasteiger partial charge < -0.3 is 5.32 Å². The Kier molecular flexibility index (Phi) is 5.42. The summed E-state index contributed by atoms with van der Waals surface area (Å²) in [4.78, 5) is 18.6. The summed E-state index contributed by atoms with van der Waals surface area (Å²) in [6.45, 7) is 7.78. The van der Waals surface area contributed by atoms with Crippen molar-refractivity contribution in [2.75, 3.05) is 0 Å². The molecule has 31 heavy (non-hydrogen) atoms. The molecule has 0 saturated heterocycles. The van der Waals surface area contributed by atoms with Crippen LogP contribution in [0, 0.1) is 11.8 Å². The van der Waals surface area contributed by atoms with Gasteiger partial charge in [-0.3, -0.25) is 14.0 Å². The molecule has 0 fully saturated rings. The number of nitrogens with zero attached hydrogens (tertiary/aromatic N) is 4. The Morgan fingerprint density at radius 3 is 2.58 bits per heavy atom. The number of fused-ring (bicyclic) bond motifs is 1. The minimum Gasteiger partial charge on any atom is -0.379 e. The third-order valence-corrected chi connectivity index (χ3v) is 4.83. The van der Waals surface area contributed by atoms with E-state index in [-0.39, 0.29) is 11.6 Å². The molecule has 1 N–H and O–H groups in total. The van der Waals surface area contributed by atoms with Crippen LogP contribution in [0.2, 0.25) is 0 Å². The summed E-state index contributed by atoms with van der Waals surface area (Å²) in [7, 11) is 1.84. The van der Waals surface area contributed by atoms with Crippen molar-refractivity contribution in [3.05, 3.63) is 101 Å². The first-order chi connectivity index (χ1) is 14.9. The van der Waals surface area contributed by atoms with Crippen molar-refractivity contribution in [2.45, 2.75) is 19.9 Å². The van der Waals surface area contributed by atoms with Gasteiger partial charge in [-0.05, 0) is 38.1 Å². The first-order valence-electron chi connectivity index (χ1n) is 9.98. The summed E-state index contributed by atoms with van der Waals surface area (Å²) in [6, 6.07) is 14.9. The second kappa shape index (κ2) is 8.33. The molecule has 0 unspecified atom stereocenters. The SMILES string of the molecule is C=C(C)N[C@@H](C)c1nc2cccc(C#Cc3cnn(C)c3)c2c(=O)n1-c1ccccc1. The van der Waals surface area contributed by atoms with E-state index in [0.29, 0.717) is 22.3 Å². The third-order valence-electron chi connectivity index (χ3n) is 4.83. The average Bonchev–Trinajstić information content (AvgIpc) is 3.17. The molecule has 2 aromatic heterocycles. The Bertz CT molecular complexity index is 1390. The Morgan fingerprint density at radius 2 is 1.90 bits per heavy atom. The maximum absolute atomic E-state index is 13.8. The quantitative estimate of drug-likeness (QED) is 0.522. The fraction of sp³-hybridized carbons (Fsp3) is 0.160. The van der Waals surface area contributed by atoms with Crippen LogP contribution in [0.5, 0.6) is 0 Å². The first kappa shape index (κ1) is 20.2. The van der Waals surface area contributed by atoms with E-state index in [1.54, 1.807) is 15.4 Å². The van der Waals surface area contributed by atoms with Crippen LogP contribution < -0.4 is 10.9 Å². The topological polar surface area (TPSA) is 64.7 Å². The molecule has 6 nitrogen and oxygen atoms in total. The Morgan fingerprint density at radius 1 is 1.13 bits per heavy atom. The number of allylic oxidation sites excluding steroid dienone is 1. The average molecular weight is 409 g/mol. The fourth-order valence-electron chi connectivity index (χ4n) is 3.53. The number of para-hydroxylation sites is 1. The minimum absolute atomic E-state index is 0.155. The van der Waals surface area contributed by atoms with Crippen molar-refractivity contribution in [1.29, 1.82) is 0 Å². The summed E-state index contributed by atoms with van der Waals surface area (Å²) in [6.07, 6.45) is 3.53. The number of rotatable bonds is 4. The second-order valence-corrected chi connectivity index (χ2v) is 7.44. The lowest BCUT2D eigenvalue weighted by atomic mass is 10.1. The van der Waals surface area contributed by atoms with Crippen LogP contribution in [0.1, 0.15) is 36.8 Å². The Balaban J connectivity index is 1.98. The summed E-state index contributed by atoms with van der Waals surface area (Å²) in [5.41, 5.74) is 3.43. The Hall–Kier alpha value is -4.11. The molecule has 0 aliphatic carbocycles. The molecule has 0 saturated carbocycles. The van der Waals surface area contributed by atoms with E-state index in [9.17, 15) is 4.79 Å². The minimum atomic E-state index is -0.208. The van der Waals surface area contributed by atoms with Crippen molar-refractivity contribution >= 4 is 10.9 Å². The van der Waals surface area contributed by atoms with Gasteiger partial charge >= 0.3 is 0 Å². The zero-order valence-corrected chi connectivity index (χ0v) is 17.8. The van der Waals surface area contributed by atoms with Gasteiger partial charge in [0.25, 0.3) is 5.56 Å². The molecule has 0 radical (unpaired) electrons. The van der Waals surface area contributed by atoms with Gasteiger partial charge in [0.1, 0.15) is 5.82 Å². The van der Waals surface area contributed by atoms with E-state index in [4.69, 9.17) is 4.98 Å². The highest BCUT2D eigenvalue weighted by Gasteiger charge is 2.19. The zero-order valence-electron chi connectivity index (χ0n) is 17.8. The van der Waals surface area contributed by atoms with Gasteiger partial charge in [0.2, 0.25) is 0 Å². The standard InChI is InChI=1S/C25H23N5O/c1-17(2)27-18(3)24-28-22-12-8-9-20(14-13-19-15-26-29(4)16-19)23(22)25(31)30(24)21-10-6-5-7-11-21/h5-12,15-16,18,27H,1H2,2-4H3/t18-/m0/s1. The molecule has 1 atom stereocenters. The van der Waals surface area contributed by atoms with Gasteiger partial charge in [0.05, 0.1) is 34.4 Å². The molecule has 0 amide bonds. The van der Waals surface area contributed by atoms with Crippen molar-refractivity contribution in [2.24, 2.45) is 7.05 Å². The van der Waals surface area contributed by atoms with E-state index in [1.165, 1.54) is 0 Å². The first-order valence-corrected chi connectivity index (χ1v) is 9.98. The molecular formula is C25H23N5O. The monoisotopic (exact) mass is 409 g/mol. The normalized spacial score (nSPS) is 11.6. The number of aryl methyl sites for hydroxylation is 1. The molecule has 0 bridgehead atoms. The highest BCUT2D eigenvalue weighted by atomic mass is 16.1. The molecule has 0 aliphatic heterocycles. The van der Waals surface area contributed by atoms with Gasteiger partial charge in [-0.25, -0.2) is 4.98 Å². The molecule has 0 aliphatic rings. The van der Waals surface area contributed by atoms with Crippen LogP contribution in [0.15, 0.2) is 78.0 Å². The lowest BCUT2D eigenvalue weighted by Crippen LogP contribution is -2.29. The van der Waals surface area contributed by atoms with Crippen LogP contribution in [-0.2, 0) is 7.05 Å². The largest absolute Gasteiger partial charge is 0.379 e. The smallest absolute Gasteiger partial charge is 0.267 e. The predicted octanol–water partition coefficient (Wildman–Crippen LogP) is 3.70. The van der Waals surface area contributed by atoms with Gasteiger partial charge in [0, 0.05) is 24.5 Å². The summed E-state index contributed by atoms with van der Waals surface area (Å²) in [5.74, 6) is 6.84. The van der Waals surface area contributed by atoms with Crippen LogP contribution >= 0.6 is 0 Å². The molecule has 4 rings (SSSR count). The number of hydrogen-bond donors (Lipinski definition) is 1. The highest BCUT2D eigenvalue weighted by Crippen LogP contribution is 2.20. The molecule has 154 valence electrons. The van der Waals surface area contributed by atoms with Crippen molar-refractivity contribution in [3.63, 3.8) is 0 Å². The van der Waals surface area contributed by atoms with Crippen LogP contribution in [-0.4, -0.2) is 19.3 Å². The van der Waals surface area contributed by atoms with E-state index < -0.39 is 0 Å².